The molecule has 0 bridgehead atoms. The summed E-state index contributed by atoms with van der Waals surface area (Å²) < 4.78 is 5.10. The molecule has 1 aliphatic carbocycles. The summed E-state index contributed by atoms with van der Waals surface area (Å²) in [6, 6.07) is 0. The lowest BCUT2D eigenvalue weighted by molar-refractivity contribution is 0.0448. The van der Waals surface area contributed by atoms with Crippen molar-refractivity contribution < 1.29 is 4.74 Å². The fourth-order valence-electron chi connectivity index (χ4n) is 1.55. The Morgan fingerprint density at radius 2 is 2.20 bits per heavy atom. The molecule has 1 heteroatoms. The predicted octanol–water partition coefficient (Wildman–Crippen LogP) is 2.27. The van der Waals surface area contributed by atoms with Gasteiger partial charge >= 0.3 is 0 Å². The highest BCUT2D eigenvalue weighted by Gasteiger charge is 2.33. The minimum Gasteiger partial charge on any atom is -0.384 e. The van der Waals surface area contributed by atoms with Crippen LogP contribution in [0.15, 0.2) is 0 Å². The molecule has 0 spiro atoms. The van der Waals surface area contributed by atoms with Crippen molar-refractivity contribution in [2.45, 2.75) is 26.2 Å². The zero-order chi connectivity index (χ0) is 7.61. The third kappa shape index (κ3) is 1.51. The first-order valence-electron chi connectivity index (χ1n) is 4.01. The monoisotopic (exact) mass is 141 g/mol. The van der Waals surface area contributed by atoms with E-state index in [1.165, 1.54) is 19.3 Å². The molecule has 0 aromatic rings. The van der Waals surface area contributed by atoms with Crippen molar-refractivity contribution >= 4 is 0 Å². The van der Waals surface area contributed by atoms with Gasteiger partial charge in [-0.15, -0.1) is 0 Å². The molecule has 0 aliphatic heterocycles. The van der Waals surface area contributed by atoms with E-state index in [0.717, 1.165) is 12.5 Å². The fraction of sp³-hybridized carbons (Fsp3) is 0.889. The molecule has 0 saturated heterocycles. The Hall–Kier alpha value is -0.0400. The van der Waals surface area contributed by atoms with Gasteiger partial charge in [-0.05, 0) is 31.1 Å². The number of rotatable bonds is 3. The Kier molecular flexibility index (Phi) is 2.35. The van der Waals surface area contributed by atoms with Crippen molar-refractivity contribution in [2.75, 3.05) is 13.7 Å². The van der Waals surface area contributed by atoms with E-state index in [0.29, 0.717) is 0 Å². The SMILES string of the molecule is [CH2]C(C)(COC)C1CCC1. The van der Waals surface area contributed by atoms with Gasteiger partial charge in [-0.1, -0.05) is 13.3 Å². The van der Waals surface area contributed by atoms with Crippen LogP contribution in [0.25, 0.3) is 0 Å². The van der Waals surface area contributed by atoms with Gasteiger partial charge in [0.25, 0.3) is 0 Å². The van der Waals surface area contributed by atoms with E-state index >= 15 is 0 Å². The Morgan fingerprint density at radius 1 is 1.60 bits per heavy atom. The molecule has 1 aliphatic rings. The maximum atomic E-state index is 5.10. The lowest BCUT2D eigenvalue weighted by Gasteiger charge is -2.39. The first-order valence-corrected chi connectivity index (χ1v) is 4.01. The van der Waals surface area contributed by atoms with Crippen molar-refractivity contribution in [3.8, 4) is 0 Å². The van der Waals surface area contributed by atoms with Crippen LogP contribution in [-0.4, -0.2) is 13.7 Å². The summed E-state index contributed by atoms with van der Waals surface area (Å²) in [6.45, 7) is 7.15. The Morgan fingerprint density at radius 3 is 2.50 bits per heavy atom. The third-order valence-electron chi connectivity index (χ3n) is 2.56. The second-order valence-corrected chi connectivity index (χ2v) is 3.71. The molecule has 1 atom stereocenters. The third-order valence-corrected chi connectivity index (χ3v) is 2.56. The fourth-order valence-corrected chi connectivity index (χ4v) is 1.55. The Balaban J connectivity index is 2.33. The minimum atomic E-state index is 0.174. The molecular weight excluding hydrogens is 124 g/mol. The average molecular weight is 141 g/mol. The van der Waals surface area contributed by atoms with Crippen LogP contribution in [0.5, 0.6) is 0 Å². The molecule has 0 amide bonds. The topological polar surface area (TPSA) is 9.23 Å². The highest BCUT2D eigenvalue weighted by atomic mass is 16.5. The van der Waals surface area contributed by atoms with Gasteiger partial charge in [0, 0.05) is 7.11 Å². The summed E-state index contributed by atoms with van der Waals surface area (Å²) in [7, 11) is 1.75. The summed E-state index contributed by atoms with van der Waals surface area (Å²) in [6.07, 6.45) is 4.09. The molecule has 1 radical (unpaired) electrons. The smallest absolute Gasteiger partial charge is 0.0518 e. The van der Waals surface area contributed by atoms with E-state index in [2.05, 4.69) is 13.8 Å². The highest BCUT2D eigenvalue weighted by molar-refractivity contribution is 4.89. The van der Waals surface area contributed by atoms with Crippen molar-refractivity contribution in [3.63, 3.8) is 0 Å². The molecule has 59 valence electrons. The van der Waals surface area contributed by atoms with Gasteiger partial charge in [-0.2, -0.15) is 0 Å². The van der Waals surface area contributed by atoms with E-state index < -0.39 is 0 Å². The summed E-state index contributed by atoms with van der Waals surface area (Å²) >= 11 is 0. The molecule has 0 aromatic carbocycles. The molecule has 1 nitrogen and oxygen atoms in total. The summed E-state index contributed by atoms with van der Waals surface area (Å²) in [5.74, 6) is 0.812. The zero-order valence-electron chi connectivity index (χ0n) is 7.02. The van der Waals surface area contributed by atoms with Crippen LogP contribution in [-0.2, 0) is 4.74 Å². The molecule has 10 heavy (non-hydrogen) atoms. The van der Waals surface area contributed by atoms with Gasteiger partial charge in [-0.25, -0.2) is 0 Å². The predicted molar refractivity (Wildman–Crippen MR) is 42.7 cm³/mol. The summed E-state index contributed by atoms with van der Waals surface area (Å²) in [4.78, 5) is 0. The first-order chi connectivity index (χ1) is 4.67. The van der Waals surface area contributed by atoms with E-state index in [1.807, 2.05) is 0 Å². The van der Waals surface area contributed by atoms with E-state index in [9.17, 15) is 0 Å². The Bertz CT molecular complexity index is 103. The second kappa shape index (κ2) is 2.91. The normalized spacial score (nSPS) is 20.7. The number of hydrogen-bond donors (Lipinski definition) is 0. The van der Waals surface area contributed by atoms with Crippen molar-refractivity contribution in [3.05, 3.63) is 6.92 Å². The lowest BCUT2D eigenvalue weighted by Crippen LogP contribution is -2.33. The largest absolute Gasteiger partial charge is 0.384 e. The van der Waals surface area contributed by atoms with Crippen LogP contribution in [0.3, 0.4) is 0 Å². The van der Waals surface area contributed by atoms with Crippen molar-refractivity contribution in [1.82, 2.24) is 0 Å². The summed E-state index contributed by atoms with van der Waals surface area (Å²) in [5.41, 5.74) is 0.174. The van der Waals surface area contributed by atoms with Gasteiger partial charge in [0.2, 0.25) is 0 Å². The van der Waals surface area contributed by atoms with Gasteiger partial charge in [0.1, 0.15) is 0 Å². The van der Waals surface area contributed by atoms with Gasteiger partial charge in [0.15, 0.2) is 0 Å². The van der Waals surface area contributed by atoms with E-state index in [4.69, 9.17) is 4.74 Å². The highest BCUT2D eigenvalue weighted by Crippen LogP contribution is 2.41. The maximum Gasteiger partial charge on any atom is 0.0518 e. The minimum absolute atomic E-state index is 0.174. The summed E-state index contributed by atoms with van der Waals surface area (Å²) in [5, 5.41) is 0. The van der Waals surface area contributed by atoms with Crippen LogP contribution in [0.4, 0.5) is 0 Å². The molecular formula is C9H17O. The van der Waals surface area contributed by atoms with Crippen molar-refractivity contribution in [2.24, 2.45) is 11.3 Å². The number of ether oxygens (including phenoxy) is 1. The van der Waals surface area contributed by atoms with Crippen molar-refractivity contribution in [1.29, 1.82) is 0 Å². The number of methoxy groups -OCH3 is 1. The van der Waals surface area contributed by atoms with Crippen LogP contribution in [0, 0.1) is 18.3 Å². The molecule has 0 N–H and O–H groups in total. The van der Waals surface area contributed by atoms with Crippen LogP contribution in [0.1, 0.15) is 26.2 Å². The molecule has 1 unspecified atom stereocenters. The van der Waals surface area contributed by atoms with Gasteiger partial charge in [-0.3, -0.25) is 0 Å². The van der Waals surface area contributed by atoms with Gasteiger partial charge in [0.05, 0.1) is 6.61 Å². The first kappa shape index (κ1) is 8.06. The molecule has 1 saturated carbocycles. The van der Waals surface area contributed by atoms with E-state index in [1.54, 1.807) is 7.11 Å². The standard InChI is InChI=1S/C9H17O/c1-9(2,7-10-3)8-5-4-6-8/h8H,1,4-7H2,2-3H3. The zero-order valence-corrected chi connectivity index (χ0v) is 7.02. The number of hydrogen-bond acceptors (Lipinski definition) is 1. The molecule has 1 rings (SSSR count). The van der Waals surface area contributed by atoms with Crippen LogP contribution < -0.4 is 0 Å². The molecule has 0 heterocycles. The van der Waals surface area contributed by atoms with Crippen LogP contribution >= 0.6 is 0 Å². The van der Waals surface area contributed by atoms with E-state index in [-0.39, 0.29) is 5.41 Å². The van der Waals surface area contributed by atoms with Gasteiger partial charge < -0.3 is 4.74 Å². The maximum absolute atomic E-state index is 5.10. The molecule has 0 aromatic heterocycles. The average Bonchev–Trinajstić information content (AvgIpc) is 1.56. The van der Waals surface area contributed by atoms with Crippen LogP contribution in [0.2, 0.25) is 0 Å². The molecule has 1 fully saturated rings. The quantitative estimate of drug-likeness (QED) is 0.586. The second-order valence-electron chi connectivity index (χ2n) is 3.71. The lowest BCUT2D eigenvalue weighted by atomic mass is 9.68. The Labute approximate surface area is 63.8 Å².